The van der Waals surface area contributed by atoms with Crippen LogP contribution in [0.1, 0.15) is 34.6 Å². The van der Waals surface area contributed by atoms with Crippen LogP contribution in [-0.2, 0) is 9.22 Å². The van der Waals surface area contributed by atoms with Gasteiger partial charge in [0, 0.05) is 11.0 Å². The minimum absolute atomic E-state index is 0.0305. The maximum atomic E-state index is 12.3. The van der Waals surface area contributed by atoms with Gasteiger partial charge in [-0.1, -0.05) is 39.7 Å². The maximum absolute atomic E-state index is 12.3. The quantitative estimate of drug-likeness (QED) is 0.528. The molecule has 0 radical (unpaired) electrons. The summed E-state index contributed by atoms with van der Waals surface area (Å²) in [6.07, 6.45) is 0. The number of benzene rings is 1. The molecule has 0 aliphatic rings. The Morgan fingerprint density at radius 2 is 1.67 bits per heavy atom. The van der Waals surface area contributed by atoms with Crippen LogP contribution in [0.3, 0.4) is 0 Å². The van der Waals surface area contributed by atoms with Crippen molar-refractivity contribution in [3.63, 3.8) is 0 Å². The number of nitrogen functional groups attached to an aromatic ring is 1. The van der Waals surface area contributed by atoms with Gasteiger partial charge in [-0.25, -0.2) is 0 Å². The van der Waals surface area contributed by atoms with E-state index in [-0.39, 0.29) is 17.9 Å². The monoisotopic (exact) mass is 309 g/mol. The van der Waals surface area contributed by atoms with Crippen molar-refractivity contribution in [3.8, 4) is 0 Å². The lowest BCUT2D eigenvalue weighted by Gasteiger charge is -2.41. The van der Waals surface area contributed by atoms with E-state index in [4.69, 9.17) is 10.4 Å². The highest BCUT2D eigenvalue weighted by Crippen LogP contribution is 2.37. The second-order valence-corrected chi connectivity index (χ2v) is 10.9. The molecule has 0 atom stereocenters. The molecule has 1 rings (SSSR count). The average Bonchev–Trinajstić information content (AvgIpc) is 2.25. The molecule has 0 heterocycles. The molecule has 0 saturated heterocycles. The third-order valence-electron chi connectivity index (χ3n) is 4.38. The Balaban J connectivity index is 3.10. The molecule has 0 aliphatic carbocycles. The predicted octanol–water partition coefficient (Wildman–Crippen LogP) is 3.19. The third kappa shape index (κ3) is 4.37. The van der Waals surface area contributed by atoms with E-state index in [9.17, 15) is 4.57 Å². The molecule has 0 aliphatic heterocycles. The van der Waals surface area contributed by atoms with Crippen LogP contribution in [0, 0.1) is 5.41 Å². The molecule has 2 N–H and O–H groups in total. The summed E-state index contributed by atoms with van der Waals surface area (Å²) < 4.78 is 18.6. The zero-order valence-corrected chi connectivity index (χ0v) is 15.5. The van der Waals surface area contributed by atoms with Crippen LogP contribution < -0.4 is 16.5 Å². The van der Waals surface area contributed by atoms with Crippen molar-refractivity contribution >= 4 is 30.5 Å². The Morgan fingerprint density at radius 1 is 1.14 bits per heavy atom. The van der Waals surface area contributed by atoms with Gasteiger partial charge >= 0.3 is 6.92 Å². The lowest BCUT2D eigenvalue weighted by molar-refractivity contribution is 0.000453. The first kappa shape index (κ1) is 18.3. The lowest BCUT2D eigenvalue weighted by atomic mass is 9.62. The second kappa shape index (κ2) is 5.81. The van der Waals surface area contributed by atoms with Crippen molar-refractivity contribution < 1.29 is 9.22 Å². The molecule has 0 saturated carbocycles. The normalized spacial score (nSPS) is 13.3. The van der Waals surface area contributed by atoms with Gasteiger partial charge in [0.15, 0.2) is 0 Å². The summed E-state index contributed by atoms with van der Waals surface area (Å²) in [6, 6.07) is 5.71. The fourth-order valence-corrected chi connectivity index (χ4v) is 3.12. The van der Waals surface area contributed by atoms with E-state index in [1.165, 1.54) is 0 Å². The standard InChI is InChI=1S/C16H29BNO2P/c1-15(2,3)16(4,5)20-17(6)12-9-10-13(18)14(11-12)21(7,8)19/h9-11H,18H2,1-8H3. The Bertz CT molecular complexity index is 558. The van der Waals surface area contributed by atoms with Gasteiger partial charge in [-0.05, 0) is 44.1 Å². The number of rotatable bonds is 4. The van der Waals surface area contributed by atoms with E-state index in [0.29, 0.717) is 5.69 Å². The Kier molecular flexibility index (Phi) is 5.07. The highest BCUT2D eigenvalue weighted by Gasteiger charge is 2.36. The Morgan fingerprint density at radius 3 is 2.10 bits per heavy atom. The molecule has 0 spiro atoms. The van der Waals surface area contributed by atoms with E-state index in [1.54, 1.807) is 13.3 Å². The van der Waals surface area contributed by atoms with E-state index < -0.39 is 7.14 Å². The summed E-state index contributed by atoms with van der Waals surface area (Å²) >= 11 is 0. The fraction of sp³-hybridized carbons (Fsp3) is 0.625. The molecule has 0 bridgehead atoms. The molecular formula is C16H29BNO2P. The summed E-state index contributed by atoms with van der Waals surface area (Å²) in [6.45, 7) is 16.1. The van der Waals surface area contributed by atoms with Crippen LogP contribution in [0.5, 0.6) is 0 Å². The van der Waals surface area contributed by atoms with E-state index in [1.807, 2.05) is 25.0 Å². The van der Waals surface area contributed by atoms with Gasteiger partial charge in [-0.3, -0.25) is 0 Å². The number of anilines is 1. The van der Waals surface area contributed by atoms with Crippen LogP contribution >= 0.6 is 7.14 Å². The van der Waals surface area contributed by atoms with Crippen LogP contribution in [-0.4, -0.2) is 25.8 Å². The molecule has 0 amide bonds. The van der Waals surface area contributed by atoms with Crippen molar-refractivity contribution in [3.05, 3.63) is 18.2 Å². The van der Waals surface area contributed by atoms with Crippen molar-refractivity contribution in [2.45, 2.75) is 47.0 Å². The van der Waals surface area contributed by atoms with Gasteiger partial charge in [-0.2, -0.15) is 0 Å². The van der Waals surface area contributed by atoms with Crippen LogP contribution in [0.2, 0.25) is 6.82 Å². The molecule has 0 unspecified atom stereocenters. The first-order valence-electron chi connectivity index (χ1n) is 7.38. The second-order valence-electron chi connectivity index (χ2n) is 7.69. The van der Waals surface area contributed by atoms with Crippen molar-refractivity contribution in [2.75, 3.05) is 19.1 Å². The van der Waals surface area contributed by atoms with Crippen molar-refractivity contribution in [1.29, 1.82) is 0 Å². The largest absolute Gasteiger partial charge is 0.426 e. The molecule has 0 fully saturated rings. The van der Waals surface area contributed by atoms with Crippen LogP contribution in [0.4, 0.5) is 5.69 Å². The van der Waals surface area contributed by atoms with E-state index in [2.05, 4.69) is 34.6 Å². The molecular weight excluding hydrogens is 280 g/mol. The first-order chi connectivity index (χ1) is 9.25. The average molecular weight is 309 g/mol. The summed E-state index contributed by atoms with van der Waals surface area (Å²) in [7, 11) is -2.39. The lowest BCUT2D eigenvalue weighted by Crippen LogP contribution is -2.47. The molecule has 1 aromatic carbocycles. The maximum Gasteiger partial charge on any atom is 0.324 e. The van der Waals surface area contributed by atoms with Gasteiger partial charge < -0.3 is 15.0 Å². The summed E-state index contributed by atoms with van der Waals surface area (Å²) in [5.74, 6) is 0. The SMILES string of the molecule is CB(OC(C)(C)C(C)(C)C)c1ccc(N)c(P(C)(C)=O)c1. The van der Waals surface area contributed by atoms with Gasteiger partial charge in [-0.15, -0.1) is 0 Å². The molecule has 21 heavy (non-hydrogen) atoms. The molecule has 118 valence electrons. The highest BCUT2D eigenvalue weighted by molar-refractivity contribution is 7.70. The Labute approximate surface area is 130 Å². The zero-order valence-electron chi connectivity index (χ0n) is 14.7. The molecule has 0 aromatic heterocycles. The smallest absolute Gasteiger partial charge is 0.324 e. The van der Waals surface area contributed by atoms with Gasteiger partial charge in [0.2, 0.25) is 0 Å². The number of nitrogens with two attached hydrogens (primary N) is 1. The first-order valence-corrected chi connectivity index (χ1v) is 9.98. The van der Waals surface area contributed by atoms with Crippen molar-refractivity contribution in [1.82, 2.24) is 0 Å². The summed E-state index contributed by atoms with van der Waals surface area (Å²) in [5, 5.41) is 0.740. The van der Waals surface area contributed by atoms with Gasteiger partial charge in [0.25, 0.3) is 0 Å². The molecule has 1 aromatic rings. The number of hydrogen-bond acceptors (Lipinski definition) is 3. The fourth-order valence-electron chi connectivity index (χ4n) is 1.97. The Hall–Kier alpha value is -0.725. The van der Waals surface area contributed by atoms with Gasteiger partial charge in [0.1, 0.15) is 7.14 Å². The van der Waals surface area contributed by atoms with Crippen LogP contribution in [0.15, 0.2) is 18.2 Å². The van der Waals surface area contributed by atoms with E-state index in [0.717, 1.165) is 10.8 Å². The highest BCUT2D eigenvalue weighted by atomic mass is 31.2. The number of hydrogen-bond donors (Lipinski definition) is 1. The van der Waals surface area contributed by atoms with Gasteiger partial charge in [0.05, 0.1) is 5.60 Å². The van der Waals surface area contributed by atoms with Crippen molar-refractivity contribution in [2.24, 2.45) is 5.41 Å². The molecule has 5 heteroatoms. The summed E-state index contributed by atoms with van der Waals surface area (Å²) in [5.41, 5.74) is 7.33. The zero-order chi connectivity index (χ0) is 16.6. The van der Waals surface area contributed by atoms with Crippen LogP contribution in [0.25, 0.3) is 0 Å². The minimum atomic E-state index is -2.39. The third-order valence-corrected chi connectivity index (χ3v) is 5.93. The molecule has 3 nitrogen and oxygen atoms in total. The van der Waals surface area contributed by atoms with E-state index >= 15 is 0 Å². The predicted molar refractivity (Wildman–Crippen MR) is 95.8 cm³/mol. The summed E-state index contributed by atoms with van der Waals surface area (Å²) in [4.78, 5) is 0. The topological polar surface area (TPSA) is 52.3 Å². The minimum Gasteiger partial charge on any atom is -0.426 e.